The van der Waals surface area contributed by atoms with Gasteiger partial charge in [0.1, 0.15) is 0 Å². The van der Waals surface area contributed by atoms with Gasteiger partial charge in [0.25, 0.3) is 0 Å². The van der Waals surface area contributed by atoms with Crippen molar-refractivity contribution in [2.24, 2.45) is 17.8 Å². The largest absolute Gasteiger partial charge is 0.314 e. The summed E-state index contributed by atoms with van der Waals surface area (Å²) in [4.78, 5) is 1.51. The molecule has 1 aromatic rings. The number of halogens is 1. The molecule has 0 aliphatic heterocycles. The number of likely N-dealkylation sites (N-methyl/N-ethyl adjacent to an activating group) is 1. The molecule has 1 unspecified atom stereocenters. The second-order valence-electron chi connectivity index (χ2n) is 6.52. The van der Waals surface area contributed by atoms with E-state index in [0.29, 0.717) is 6.04 Å². The van der Waals surface area contributed by atoms with E-state index >= 15 is 0 Å². The van der Waals surface area contributed by atoms with Gasteiger partial charge in [0.05, 0.1) is 0 Å². The molecule has 0 saturated heterocycles. The molecule has 20 heavy (non-hydrogen) atoms. The Balaban J connectivity index is 1.92. The molecule has 0 amide bonds. The van der Waals surface area contributed by atoms with Gasteiger partial charge in [-0.25, -0.2) is 0 Å². The molecular formula is C17H28BrNS. The molecule has 0 spiro atoms. The second kappa shape index (κ2) is 7.95. The topological polar surface area (TPSA) is 12.0 Å². The summed E-state index contributed by atoms with van der Waals surface area (Å²) in [7, 11) is 0. The lowest BCUT2D eigenvalue weighted by Crippen LogP contribution is -2.40. The highest BCUT2D eigenvalue weighted by Gasteiger charge is 2.28. The van der Waals surface area contributed by atoms with Crippen molar-refractivity contribution in [3.63, 3.8) is 0 Å². The van der Waals surface area contributed by atoms with Crippen LogP contribution < -0.4 is 5.32 Å². The van der Waals surface area contributed by atoms with Gasteiger partial charge in [-0.3, -0.25) is 0 Å². The number of hydrogen-bond donors (Lipinski definition) is 1. The first-order valence-corrected chi connectivity index (χ1v) is 9.73. The van der Waals surface area contributed by atoms with Crippen molar-refractivity contribution < 1.29 is 0 Å². The van der Waals surface area contributed by atoms with Gasteiger partial charge in [0.15, 0.2) is 0 Å². The molecule has 0 bridgehead atoms. The molecule has 1 atom stereocenters. The van der Waals surface area contributed by atoms with Crippen LogP contribution in [0, 0.1) is 17.8 Å². The Morgan fingerprint density at radius 3 is 2.40 bits per heavy atom. The Hall–Kier alpha value is 0.140. The fourth-order valence-corrected chi connectivity index (χ4v) is 5.07. The van der Waals surface area contributed by atoms with E-state index in [0.717, 1.165) is 24.3 Å². The summed E-state index contributed by atoms with van der Waals surface area (Å²) in [6, 6.07) is 2.95. The average Bonchev–Trinajstić information content (AvgIpc) is 2.84. The number of thiophene rings is 1. The Kier molecular flexibility index (Phi) is 6.57. The standard InChI is InChI=1S/C17H28BrNS/c1-4-19-17(10-16-9-15(18)11-20-16)14-7-5-13(6-8-14)12(2)3/h9,11-14,17,19H,4-8,10H2,1-3H3. The summed E-state index contributed by atoms with van der Waals surface area (Å²) < 4.78 is 1.23. The maximum atomic E-state index is 3.75. The minimum atomic E-state index is 0.665. The predicted molar refractivity (Wildman–Crippen MR) is 93.5 cm³/mol. The van der Waals surface area contributed by atoms with E-state index in [4.69, 9.17) is 0 Å². The Morgan fingerprint density at radius 1 is 1.25 bits per heavy atom. The zero-order chi connectivity index (χ0) is 14.5. The maximum Gasteiger partial charge on any atom is 0.0285 e. The van der Waals surface area contributed by atoms with Gasteiger partial charge in [-0.1, -0.05) is 20.8 Å². The molecule has 1 nitrogen and oxygen atoms in total. The SMILES string of the molecule is CCNC(Cc1cc(Br)cs1)C1CCC(C(C)C)CC1. The summed E-state index contributed by atoms with van der Waals surface area (Å²) in [6.07, 6.45) is 6.87. The van der Waals surface area contributed by atoms with E-state index in [9.17, 15) is 0 Å². The zero-order valence-corrected chi connectivity index (χ0v) is 15.4. The minimum Gasteiger partial charge on any atom is -0.314 e. The highest BCUT2D eigenvalue weighted by molar-refractivity contribution is 9.10. The molecule has 1 saturated carbocycles. The third-order valence-corrected chi connectivity index (χ3v) is 6.56. The zero-order valence-electron chi connectivity index (χ0n) is 13.0. The van der Waals surface area contributed by atoms with Crippen molar-refractivity contribution in [3.05, 3.63) is 20.8 Å². The number of rotatable bonds is 6. The minimum absolute atomic E-state index is 0.665. The van der Waals surface area contributed by atoms with Gasteiger partial charge >= 0.3 is 0 Å². The summed E-state index contributed by atoms with van der Waals surface area (Å²) in [6.45, 7) is 8.09. The molecule has 1 heterocycles. The summed E-state index contributed by atoms with van der Waals surface area (Å²) in [5.74, 6) is 2.69. The van der Waals surface area contributed by atoms with Gasteiger partial charge in [-0.05, 0) is 78.4 Å². The van der Waals surface area contributed by atoms with E-state index in [2.05, 4.69) is 53.5 Å². The van der Waals surface area contributed by atoms with Gasteiger partial charge in [-0.2, -0.15) is 0 Å². The van der Waals surface area contributed by atoms with Gasteiger partial charge in [-0.15, -0.1) is 11.3 Å². The molecule has 114 valence electrons. The monoisotopic (exact) mass is 357 g/mol. The van der Waals surface area contributed by atoms with Crippen molar-refractivity contribution in [2.45, 2.75) is 58.9 Å². The predicted octanol–water partition coefficient (Wildman–Crippen LogP) is 5.49. The highest BCUT2D eigenvalue weighted by atomic mass is 79.9. The molecule has 1 aliphatic carbocycles. The fraction of sp³-hybridized carbons (Fsp3) is 0.765. The van der Waals surface area contributed by atoms with Crippen LogP contribution in [-0.2, 0) is 6.42 Å². The molecule has 1 fully saturated rings. The van der Waals surface area contributed by atoms with Crippen LogP contribution >= 0.6 is 27.3 Å². The Bertz CT molecular complexity index is 393. The Morgan fingerprint density at radius 2 is 1.90 bits per heavy atom. The molecule has 3 heteroatoms. The first kappa shape index (κ1) is 16.5. The van der Waals surface area contributed by atoms with Gasteiger partial charge in [0, 0.05) is 20.8 Å². The quantitative estimate of drug-likeness (QED) is 0.709. The molecule has 1 N–H and O–H groups in total. The third kappa shape index (κ3) is 4.57. The normalized spacial score (nSPS) is 25.1. The lowest BCUT2D eigenvalue weighted by Gasteiger charge is -2.35. The first-order chi connectivity index (χ1) is 9.60. The number of nitrogens with one attached hydrogen (secondary N) is 1. The first-order valence-electron chi connectivity index (χ1n) is 8.06. The van der Waals surface area contributed by atoms with E-state index in [1.165, 1.54) is 41.5 Å². The van der Waals surface area contributed by atoms with Crippen LogP contribution in [-0.4, -0.2) is 12.6 Å². The van der Waals surface area contributed by atoms with Gasteiger partial charge in [0.2, 0.25) is 0 Å². The van der Waals surface area contributed by atoms with Crippen LogP contribution in [0.4, 0.5) is 0 Å². The lowest BCUT2D eigenvalue weighted by atomic mass is 9.74. The van der Waals surface area contributed by atoms with Crippen LogP contribution in [0.5, 0.6) is 0 Å². The van der Waals surface area contributed by atoms with Gasteiger partial charge < -0.3 is 5.32 Å². The molecule has 2 rings (SSSR count). The lowest BCUT2D eigenvalue weighted by molar-refractivity contribution is 0.189. The van der Waals surface area contributed by atoms with Crippen LogP contribution in [0.3, 0.4) is 0 Å². The van der Waals surface area contributed by atoms with E-state index in [1.807, 2.05) is 11.3 Å². The smallest absolute Gasteiger partial charge is 0.0285 e. The summed E-state index contributed by atoms with van der Waals surface area (Å²) in [5.41, 5.74) is 0. The van der Waals surface area contributed by atoms with Crippen molar-refractivity contribution in [1.82, 2.24) is 5.32 Å². The average molecular weight is 358 g/mol. The van der Waals surface area contributed by atoms with Crippen LogP contribution in [0.15, 0.2) is 15.9 Å². The fourth-order valence-electron chi connectivity index (χ4n) is 3.56. The maximum absolute atomic E-state index is 3.75. The molecule has 1 aromatic heterocycles. The number of hydrogen-bond acceptors (Lipinski definition) is 2. The van der Waals surface area contributed by atoms with Crippen molar-refractivity contribution in [1.29, 1.82) is 0 Å². The second-order valence-corrected chi connectivity index (χ2v) is 8.43. The van der Waals surface area contributed by atoms with Crippen LogP contribution in [0.2, 0.25) is 0 Å². The highest BCUT2D eigenvalue weighted by Crippen LogP contribution is 2.36. The van der Waals surface area contributed by atoms with Crippen LogP contribution in [0.1, 0.15) is 51.3 Å². The van der Waals surface area contributed by atoms with E-state index < -0.39 is 0 Å². The van der Waals surface area contributed by atoms with Crippen LogP contribution in [0.25, 0.3) is 0 Å². The third-order valence-electron chi connectivity index (χ3n) is 4.84. The van der Waals surface area contributed by atoms with E-state index in [-0.39, 0.29) is 0 Å². The molecule has 1 aliphatic rings. The van der Waals surface area contributed by atoms with Crippen molar-refractivity contribution in [3.8, 4) is 0 Å². The molecule has 0 aromatic carbocycles. The molecule has 0 radical (unpaired) electrons. The summed E-state index contributed by atoms with van der Waals surface area (Å²) >= 11 is 5.46. The summed E-state index contributed by atoms with van der Waals surface area (Å²) in [5, 5.41) is 5.95. The van der Waals surface area contributed by atoms with Crippen molar-refractivity contribution in [2.75, 3.05) is 6.54 Å². The van der Waals surface area contributed by atoms with Crippen molar-refractivity contribution >= 4 is 27.3 Å². The van der Waals surface area contributed by atoms with E-state index in [1.54, 1.807) is 0 Å². The Labute approximate surface area is 136 Å². The molecular weight excluding hydrogens is 330 g/mol.